The highest BCUT2D eigenvalue weighted by Crippen LogP contribution is 2.11. The maximum atomic E-state index is 12.5. The third-order valence-electron chi connectivity index (χ3n) is 5.00. The van der Waals surface area contributed by atoms with Crippen molar-refractivity contribution < 1.29 is 19.1 Å². The summed E-state index contributed by atoms with van der Waals surface area (Å²) in [5.74, 6) is -0.427. The Labute approximate surface area is 196 Å². The van der Waals surface area contributed by atoms with Crippen LogP contribution in [-0.4, -0.2) is 39.2 Å². The van der Waals surface area contributed by atoms with E-state index in [2.05, 4.69) is 20.5 Å². The van der Waals surface area contributed by atoms with Gasteiger partial charge in [-0.2, -0.15) is 5.10 Å². The number of benzene rings is 2. The predicted molar refractivity (Wildman–Crippen MR) is 125 cm³/mol. The Morgan fingerprint density at radius 3 is 2.42 bits per heavy atom. The molecule has 2 N–H and O–H groups in total. The van der Waals surface area contributed by atoms with E-state index in [1.165, 1.54) is 11.8 Å². The van der Waals surface area contributed by atoms with Crippen molar-refractivity contribution in [3.8, 4) is 0 Å². The fraction of sp³-hybridized carbons (Fsp3) is 0.261. The van der Waals surface area contributed by atoms with Crippen LogP contribution >= 0.6 is 12.2 Å². The van der Waals surface area contributed by atoms with Gasteiger partial charge in [0.05, 0.1) is 19.2 Å². The second kappa shape index (κ2) is 10.7. The van der Waals surface area contributed by atoms with Crippen LogP contribution in [0.5, 0.6) is 0 Å². The number of methoxy groups -OCH3 is 1. The summed E-state index contributed by atoms with van der Waals surface area (Å²) in [5, 5.41) is 10.1. The molecular weight excluding hydrogens is 442 g/mol. The first kappa shape index (κ1) is 23.9. The summed E-state index contributed by atoms with van der Waals surface area (Å²) in [6, 6.07) is 13.7. The van der Waals surface area contributed by atoms with E-state index in [-0.39, 0.29) is 24.9 Å². The second-order valence-electron chi connectivity index (χ2n) is 7.22. The molecule has 9 nitrogen and oxygen atoms in total. The van der Waals surface area contributed by atoms with E-state index in [9.17, 15) is 14.4 Å². The molecular formula is C23H25N5O4S. The van der Waals surface area contributed by atoms with E-state index < -0.39 is 5.97 Å². The molecule has 2 amide bonds. The number of aryl methyl sites for hydroxylation is 1. The summed E-state index contributed by atoms with van der Waals surface area (Å²) < 4.78 is 8.24. The molecule has 0 aliphatic rings. The monoisotopic (exact) mass is 467 g/mol. The van der Waals surface area contributed by atoms with Crippen molar-refractivity contribution >= 4 is 35.7 Å². The number of rotatable bonds is 8. The third-order valence-corrected chi connectivity index (χ3v) is 5.43. The topological polar surface area (TPSA) is 107 Å². The summed E-state index contributed by atoms with van der Waals surface area (Å²) in [6.07, 6.45) is 0. The molecule has 0 radical (unpaired) electrons. The number of amides is 2. The number of hydrogen-bond acceptors (Lipinski definition) is 6. The predicted octanol–water partition coefficient (Wildman–Crippen LogP) is 3.10. The summed E-state index contributed by atoms with van der Waals surface area (Å²) in [4.78, 5) is 36.6. The number of carbonyl (C=O) groups is 3. The summed E-state index contributed by atoms with van der Waals surface area (Å²) >= 11 is 5.47. The van der Waals surface area contributed by atoms with Crippen LogP contribution in [0.4, 0.5) is 5.69 Å². The lowest BCUT2D eigenvalue weighted by Gasteiger charge is -2.07. The van der Waals surface area contributed by atoms with Crippen molar-refractivity contribution in [2.75, 3.05) is 12.4 Å². The molecule has 0 bridgehead atoms. The molecule has 10 heteroatoms. The van der Waals surface area contributed by atoms with Gasteiger partial charge in [0.25, 0.3) is 5.91 Å². The van der Waals surface area contributed by atoms with Gasteiger partial charge in [-0.15, -0.1) is 0 Å². The fourth-order valence-electron chi connectivity index (χ4n) is 3.26. The molecule has 3 aromatic rings. The van der Waals surface area contributed by atoms with E-state index in [4.69, 9.17) is 12.2 Å². The molecule has 0 spiro atoms. The minimum Gasteiger partial charge on any atom is -0.465 e. The molecule has 3 rings (SSSR count). The van der Waals surface area contributed by atoms with Gasteiger partial charge in [0.1, 0.15) is 6.54 Å². The average Bonchev–Trinajstić information content (AvgIpc) is 3.11. The van der Waals surface area contributed by atoms with E-state index in [0.29, 0.717) is 34.0 Å². The molecule has 172 valence electrons. The van der Waals surface area contributed by atoms with Gasteiger partial charge < -0.3 is 19.9 Å². The Balaban J connectivity index is 1.67. The molecule has 0 saturated heterocycles. The number of ether oxygens (including phenoxy) is 1. The number of esters is 1. The Bertz CT molecular complexity index is 1230. The zero-order chi connectivity index (χ0) is 24.0. The number of anilines is 1. The number of aromatic nitrogens is 3. The van der Waals surface area contributed by atoms with Crippen LogP contribution in [0.3, 0.4) is 0 Å². The van der Waals surface area contributed by atoms with Gasteiger partial charge >= 0.3 is 5.97 Å². The van der Waals surface area contributed by atoms with Crippen LogP contribution in [0.25, 0.3) is 0 Å². The number of carbonyl (C=O) groups excluding carboxylic acids is 3. The molecule has 2 aromatic carbocycles. The maximum absolute atomic E-state index is 12.5. The number of nitrogens with one attached hydrogen (secondary N) is 2. The largest absolute Gasteiger partial charge is 0.465 e. The van der Waals surface area contributed by atoms with Crippen LogP contribution in [0.1, 0.15) is 39.0 Å². The molecule has 0 saturated carbocycles. The third kappa shape index (κ3) is 5.72. The van der Waals surface area contributed by atoms with Crippen LogP contribution in [0, 0.1) is 11.7 Å². The van der Waals surface area contributed by atoms with E-state index >= 15 is 0 Å². The van der Waals surface area contributed by atoms with E-state index in [1.54, 1.807) is 34.9 Å². The van der Waals surface area contributed by atoms with Crippen molar-refractivity contribution in [2.45, 2.75) is 33.5 Å². The van der Waals surface area contributed by atoms with Crippen LogP contribution in [0.2, 0.25) is 0 Å². The molecule has 1 aromatic heterocycles. The molecule has 0 atom stereocenters. The van der Waals surface area contributed by atoms with Gasteiger partial charge in [-0.25, -0.2) is 9.48 Å². The van der Waals surface area contributed by atoms with Crippen molar-refractivity contribution in [1.29, 1.82) is 0 Å². The summed E-state index contributed by atoms with van der Waals surface area (Å²) in [5.41, 5.74) is 2.39. The van der Waals surface area contributed by atoms with Crippen LogP contribution in [-0.2, 0) is 29.2 Å². The quantitative estimate of drug-likeness (QED) is 0.389. The summed E-state index contributed by atoms with van der Waals surface area (Å²) in [7, 11) is 1.31. The average molecular weight is 468 g/mol. The zero-order valence-electron chi connectivity index (χ0n) is 18.6. The molecule has 0 aliphatic heterocycles. The van der Waals surface area contributed by atoms with E-state index in [0.717, 1.165) is 5.56 Å². The van der Waals surface area contributed by atoms with Gasteiger partial charge in [0.2, 0.25) is 5.91 Å². The molecule has 0 fully saturated rings. The summed E-state index contributed by atoms with van der Waals surface area (Å²) in [6.45, 7) is 4.42. The first-order valence-electron chi connectivity index (χ1n) is 10.3. The van der Waals surface area contributed by atoms with E-state index in [1.807, 2.05) is 32.0 Å². The minimum absolute atomic E-state index is 0.0939. The van der Waals surface area contributed by atoms with Gasteiger partial charge in [-0.3, -0.25) is 9.59 Å². The Morgan fingerprint density at radius 2 is 1.79 bits per heavy atom. The van der Waals surface area contributed by atoms with Crippen molar-refractivity contribution in [2.24, 2.45) is 0 Å². The highest BCUT2D eigenvalue weighted by molar-refractivity contribution is 7.71. The lowest BCUT2D eigenvalue weighted by atomic mass is 10.1. The van der Waals surface area contributed by atoms with Crippen molar-refractivity contribution in [3.05, 3.63) is 75.8 Å². The first-order valence-corrected chi connectivity index (χ1v) is 10.7. The standard InChI is InChI=1S/C23H25N5O4S/c1-4-27-19(13-24-21(30)18-8-6-5-7-15(18)2)26-28(23(27)33)14-20(29)25-17-11-9-16(10-12-17)22(31)32-3/h5-12H,4,13-14H2,1-3H3,(H,24,30)(H,25,29). The van der Waals surface area contributed by atoms with Crippen LogP contribution < -0.4 is 10.6 Å². The molecule has 0 unspecified atom stereocenters. The molecule has 0 aliphatic carbocycles. The van der Waals surface area contributed by atoms with Crippen molar-refractivity contribution in [3.63, 3.8) is 0 Å². The Kier molecular flexibility index (Phi) is 7.73. The lowest BCUT2D eigenvalue weighted by Crippen LogP contribution is -2.25. The first-order chi connectivity index (χ1) is 15.8. The minimum atomic E-state index is -0.452. The smallest absolute Gasteiger partial charge is 0.337 e. The second-order valence-corrected chi connectivity index (χ2v) is 7.58. The van der Waals surface area contributed by atoms with Gasteiger partial charge in [0.15, 0.2) is 10.6 Å². The number of hydrogen-bond donors (Lipinski definition) is 2. The Hall–Kier alpha value is -3.79. The maximum Gasteiger partial charge on any atom is 0.337 e. The fourth-order valence-corrected chi connectivity index (χ4v) is 3.60. The Morgan fingerprint density at radius 1 is 1.09 bits per heavy atom. The van der Waals surface area contributed by atoms with Crippen molar-refractivity contribution in [1.82, 2.24) is 19.7 Å². The van der Waals surface area contributed by atoms with Gasteiger partial charge in [-0.1, -0.05) is 18.2 Å². The highest BCUT2D eigenvalue weighted by atomic mass is 32.1. The van der Waals surface area contributed by atoms with Crippen LogP contribution in [0.15, 0.2) is 48.5 Å². The van der Waals surface area contributed by atoms with Gasteiger partial charge in [0, 0.05) is 17.8 Å². The number of nitrogens with zero attached hydrogens (tertiary/aromatic N) is 3. The highest BCUT2D eigenvalue weighted by Gasteiger charge is 2.15. The SMILES string of the molecule is CCn1c(CNC(=O)c2ccccc2C)nn(CC(=O)Nc2ccc(C(=O)OC)cc2)c1=S. The lowest BCUT2D eigenvalue weighted by molar-refractivity contribution is -0.116. The molecule has 1 heterocycles. The normalized spacial score (nSPS) is 10.5. The molecule has 33 heavy (non-hydrogen) atoms. The van der Waals surface area contributed by atoms with Gasteiger partial charge in [-0.05, 0) is 62.0 Å². The zero-order valence-corrected chi connectivity index (χ0v) is 19.4.